The van der Waals surface area contributed by atoms with Crippen molar-refractivity contribution >= 4 is 33.4 Å². The molecular weight excluding hydrogens is 396 g/mol. The Morgan fingerprint density at radius 1 is 1.27 bits per heavy atom. The average molecular weight is 417 g/mol. The monoisotopic (exact) mass is 416 g/mol. The summed E-state index contributed by atoms with van der Waals surface area (Å²) in [5.41, 5.74) is 1.78. The fraction of sp³-hybridized carbons (Fsp3) is 0.300. The van der Waals surface area contributed by atoms with Gasteiger partial charge in [-0.25, -0.2) is 0 Å². The van der Waals surface area contributed by atoms with E-state index in [4.69, 9.17) is 4.74 Å². The van der Waals surface area contributed by atoms with Crippen molar-refractivity contribution in [3.8, 4) is 5.75 Å². The number of halogens is 1. The highest BCUT2D eigenvalue weighted by Gasteiger charge is 2.35. The van der Waals surface area contributed by atoms with Crippen LogP contribution in [0.1, 0.15) is 18.9 Å². The van der Waals surface area contributed by atoms with Crippen molar-refractivity contribution in [3.63, 3.8) is 0 Å². The number of amides is 2. The van der Waals surface area contributed by atoms with Gasteiger partial charge in [0, 0.05) is 29.7 Å². The molecule has 2 aromatic rings. The van der Waals surface area contributed by atoms with Crippen LogP contribution in [0.3, 0.4) is 0 Å². The van der Waals surface area contributed by atoms with E-state index in [9.17, 15) is 9.59 Å². The van der Waals surface area contributed by atoms with Crippen LogP contribution in [-0.2, 0) is 16.1 Å². The highest BCUT2D eigenvalue weighted by atomic mass is 79.9. The van der Waals surface area contributed by atoms with Crippen molar-refractivity contribution in [2.75, 3.05) is 18.1 Å². The second-order valence-corrected chi connectivity index (χ2v) is 7.10. The summed E-state index contributed by atoms with van der Waals surface area (Å²) < 4.78 is 6.38. The Balaban J connectivity index is 1.59. The molecule has 2 amide bonds. The molecule has 1 N–H and O–H groups in total. The molecule has 136 valence electrons. The Hall–Kier alpha value is -2.34. The molecule has 1 aliphatic rings. The number of ether oxygens (including phenoxy) is 1. The molecule has 1 atom stereocenters. The Morgan fingerprint density at radius 2 is 2.08 bits per heavy atom. The van der Waals surface area contributed by atoms with Crippen LogP contribution < -0.4 is 15.0 Å². The predicted octanol–water partition coefficient (Wildman–Crippen LogP) is 3.52. The van der Waals surface area contributed by atoms with E-state index >= 15 is 0 Å². The lowest BCUT2D eigenvalue weighted by molar-refractivity contribution is -0.126. The number of nitrogens with zero attached hydrogens (tertiary/aromatic N) is 1. The highest BCUT2D eigenvalue weighted by molar-refractivity contribution is 9.10. The lowest BCUT2D eigenvalue weighted by Crippen LogP contribution is -2.32. The van der Waals surface area contributed by atoms with Gasteiger partial charge >= 0.3 is 0 Å². The van der Waals surface area contributed by atoms with Gasteiger partial charge in [-0.15, -0.1) is 0 Å². The van der Waals surface area contributed by atoms with Gasteiger partial charge in [-0.05, 0) is 42.8 Å². The highest BCUT2D eigenvalue weighted by Crippen LogP contribution is 2.27. The quantitative estimate of drug-likeness (QED) is 0.783. The molecular formula is C20H21BrN2O3. The van der Waals surface area contributed by atoms with Gasteiger partial charge in [-0.2, -0.15) is 0 Å². The van der Waals surface area contributed by atoms with E-state index in [1.54, 1.807) is 4.90 Å². The van der Waals surface area contributed by atoms with Crippen molar-refractivity contribution in [2.24, 2.45) is 5.92 Å². The minimum atomic E-state index is -0.337. The van der Waals surface area contributed by atoms with Gasteiger partial charge in [0.2, 0.25) is 11.8 Å². The zero-order valence-electron chi connectivity index (χ0n) is 14.6. The molecule has 0 bridgehead atoms. The summed E-state index contributed by atoms with van der Waals surface area (Å²) in [4.78, 5) is 26.5. The number of rotatable bonds is 6. The van der Waals surface area contributed by atoms with Crippen molar-refractivity contribution in [3.05, 3.63) is 58.6 Å². The van der Waals surface area contributed by atoms with Gasteiger partial charge in [0.05, 0.1) is 12.5 Å². The molecule has 1 heterocycles. The normalized spacial score (nSPS) is 16.6. The summed E-state index contributed by atoms with van der Waals surface area (Å²) in [6.07, 6.45) is 0.233. The first-order valence-corrected chi connectivity index (χ1v) is 9.41. The third kappa shape index (κ3) is 4.43. The van der Waals surface area contributed by atoms with Crippen LogP contribution in [0.25, 0.3) is 0 Å². The summed E-state index contributed by atoms with van der Waals surface area (Å²) in [6, 6.07) is 15.2. The number of anilines is 1. The molecule has 0 spiro atoms. The minimum Gasteiger partial charge on any atom is -0.494 e. The van der Waals surface area contributed by atoms with Crippen molar-refractivity contribution in [1.82, 2.24) is 5.32 Å². The molecule has 0 aliphatic carbocycles. The minimum absolute atomic E-state index is 0.0263. The smallest absolute Gasteiger partial charge is 0.227 e. The van der Waals surface area contributed by atoms with Gasteiger partial charge in [-0.3, -0.25) is 9.59 Å². The van der Waals surface area contributed by atoms with Crippen LogP contribution in [0.2, 0.25) is 0 Å². The number of hydrogen-bond acceptors (Lipinski definition) is 3. The first kappa shape index (κ1) is 18.5. The number of nitrogens with one attached hydrogen (secondary N) is 1. The molecule has 6 heteroatoms. The maximum absolute atomic E-state index is 12.5. The second-order valence-electron chi connectivity index (χ2n) is 6.18. The van der Waals surface area contributed by atoms with E-state index in [0.29, 0.717) is 19.7 Å². The van der Waals surface area contributed by atoms with E-state index in [1.807, 2.05) is 55.5 Å². The average Bonchev–Trinajstić information content (AvgIpc) is 3.02. The topological polar surface area (TPSA) is 58.6 Å². The Bertz CT molecular complexity index is 809. The van der Waals surface area contributed by atoms with Crippen LogP contribution in [0, 0.1) is 5.92 Å². The number of carbonyl (C=O) groups excluding carboxylic acids is 2. The molecule has 0 aromatic heterocycles. The summed E-state index contributed by atoms with van der Waals surface area (Å²) >= 11 is 3.41. The van der Waals surface area contributed by atoms with E-state index < -0.39 is 0 Å². The maximum atomic E-state index is 12.5. The van der Waals surface area contributed by atoms with Gasteiger partial charge < -0.3 is 15.0 Å². The van der Waals surface area contributed by atoms with Gasteiger partial charge in [0.15, 0.2) is 0 Å². The van der Waals surface area contributed by atoms with Crippen LogP contribution in [0.4, 0.5) is 5.69 Å². The first-order chi connectivity index (χ1) is 12.6. The van der Waals surface area contributed by atoms with E-state index in [2.05, 4.69) is 21.2 Å². The molecule has 3 rings (SSSR count). The third-order valence-corrected chi connectivity index (χ3v) is 4.79. The number of hydrogen-bond donors (Lipinski definition) is 1. The van der Waals surface area contributed by atoms with Crippen molar-refractivity contribution in [2.45, 2.75) is 19.9 Å². The van der Waals surface area contributed by atoms with Crippen LogP contribution in [0.15, 0.2) is 53.0 Å². The van der Waals surface area contributed by atoms with Crippen LogP contribution in [0.5, 0.6) is 5.75 Å². The third-order valence-electron chi connectivity index (χ3n) is 4.29. The Morgan fingerprint density at radius 3 is 2.85 bits per heavy atom. The summed E-state index contributed by atoms with van der Waals surface area (Å²) in [5.74, 6) is 0.326. The fourth-order valence-corrected chi connectivity index (χ4v) is 3.41. The zero-order chi connectivity index (χ0) is 18.5. The largest absolute Gasteiger partial charge is 0.494 e. The lowest BCUT2D eigenvalue weighted by atomic mass is 10.1. The van der Waals surface area contributed by atoms with Crippen LogP contribution >= 0.6 is 15.9 Å². The summed E-state index contributed by atoms with van der Waals surface area (Å²) in [6.45, 7) is 3.36. The predicted molar refractivity (Wildman–Crippen MR) is 104 cm³/mol. The first-order valence-electron chi connectivity index (χ1n) is 8.62. The second kappa shape index (κ2) is 8.36. The fourth-order valence-electron chi connectivity index (χ4n) is 3.02. The van der Waals surface area contributed by atoms with Gasteiger partial charge in [-0.1, -0.05) is 34.1 Å². The van der Waals surface area contributed by atoms with E-state index in [-0.39, 0.29) is 24.2 Å². The maximum Gasteiger partial charge on any atom is 0.227 e. The van der Waals surface area contributed by atoms with Crippen molar-refractivity contribution in [1.29, 1.82) is 0 Å². The SMILES string of the molecule is CCOc1cccc(CNC(=O)C2CC(=O)N(c3cccc(Br)c3)C2)c1. The Kier molecular flexibility index (Phi) is 5.93. The number of benzene rings is 2. The van der Waals surface area contributed by atoms with Crippen molar-refractivity contribution < 1.29 is 14.3 Å². The van der Waals surface area contributed by atoms with E-state index in [0.717, 1.165) is 21.5 Å². The molecule has 5 nitrogen and oxygen atoms in total. The lowest BCUT2D eigenvalue weighted by Gasteiger charge is -2.17. The molecule has 26 heavy (non-hydrogen) atoms. The summed E-state index contributed by atoms with van der Waals surface area (Å²) in [7, 11) is 0. The molecule has 0 radical (unpaired) electrons. The molecule has 1 saturated heterocycles. The standard InChI is InChI=1S/C20H21BrN2O3/c1-2-26-18-8-3-5-14(9-18)12-22-20(25)15-10-19(24)23(13-15)17-7-4-6-16(21)11-17/h3-9,11,15H,2,10,12-13H2,1H3,(H,22,25). The molecule has 1 fully saturated rings. The van der Waals surface area contributed by atoms with E-state index in [1.165, 1.54) is 0 Å². The Labute approximate surface area is 161 Å². The number of carbonyl (C=O) groups is 2. The van der Waals surface area contributed by atoms with Gasteiger partial charge in [0.1, 0.15) is 5.75 Å². The zero-order valence-corrected chi connectivity index (χ0v) is 16.2. The summed E-state index contributed by atoms with van der Waals surface area (Å²) in [5, 5.41) is 2.93. The molecule has 1 unspecified atom stereocenters. The molecule has 1 aliphatic heterocycles. The molecule has 2 aromatic carbocycles. The van der Waals surface area contributed by atoms with Gasteiger partial charge in [0.25, 0.3) is 0 Å². The van der Waals surface area contributed by atoms with Crippen LogP contribution in [-0.4, -0.2) is 25.0 Å². The molecule has 0 saturated carbocycles.